The SMILES string of the molecule is COCC(CCO)NC(=O)CSCC#N. The number of methoxy groups -OCH3 is 1. The predicted octanol–water partition coefficient (Wildman–Crippen LogP) is -0.243. The Morgan fingerprint density at radius 1 is 1.73 bits per heavy atom. The number of nitrogens with one attached hydrogen (secondary N) is 1. The fraction of sp³-hybridized carbons (Fsp3) is 0.778. The quantitative estimate of drug-likeness (QED) is 0.564. The van der Waals surface area contributed by atoms with Gasteiger partial charge >= 0.3 is 0 Å². The van der Waals surface area contributed by atoms with Crippen molar-refractivity contribution in [2.45, 2.75) is 12.5 Å². The van der Waals surface area contributed by atoms with Gasteiger partial charge in [-0.3, -0.25) is 4.79 Å². The van der Waals surface area contributed by atoms with E-state index in [2.05, 4.69) is 5.32 Å². The van der Waals surface area contributed by atoms with Gasteiger partial charge < -0.3 is 15.2 Å². The molecule has 1 unspecified atom stereocenters. The van der Waals surface area contributed by atoms with Crippen LogP contribution in [0.15, 0.2) is 0 Å². The largest absolute Gasteiger partial charge is 0.396 e. The minimum Gasteiger partial charge on any atom is -0.396 e. The van der Waals surface area contributed by atoms with Crippen molar-refractivity contribution < 1.29 is 14.6 Å². The molecule has 0 saturated carbocycles. The number of hydrogen-bond acceptors (Lipinski definition) is 5. The van der Waals surface area contributed by atoms with E-state index < -0.39 is 0 Å². The molecule has 6 heteroatoms. The highest BCUT2D eigenvalue weighted by Gasteiger charge is 2.11. The van der Waals surface area contributed by atoms with Gasteiger partial charge in [-0.1, -0.05) is 0 Å². The van der Waals surface area contributed by atoms with Gasteiger partial charge in [0.05, 0.1) is 30.2 Å². The highest BCUT2D eigenvalue weighted by Crippen LogP contribution is 1.99. The number of rotatable bonds is 8. The first kappa shape index (κ1) is 14.2. The lowest BCUT2D eigenvalue weighted by molar-refractivity contribution is -0.119. The minimum atomic E-state index is -0.157. The van der Waals surface area contributed by atoms with Crippen LogP contribution < -0.4 is 5.32 Å². The number of amides is 1. The Balaban J connectivity index is 3.73. The molecule has 1 atom stereocenters. The third kappa shape index (κ3) is 8.24. The van der Waals surface area contributed by atoms with Crippen molar-refractivity contribution in [1.29, 1.82) is 5.26 Å². The topological polar surface area (TPSA) is 82.3 Å². The molecular weight excluding hydrogens is 216 g/mol. The van der Waals surface area contributed by atoms with E-state index in [1.807, 2.05) is 6.07 Å². The van der Waals surface area contributed by atoms with Crippen molar-refractivity contribution >= 4 is 17.7 Å². The lowest BCUT2D eigenvalue weighted by Gasteiger charge is -2.16. The number of nitriles is 1. The molecule has 0 aromatic heterocycles. The molecule has 0 bridgehead atoms. The van der Waals surface area contributed by atoms with Crippen molar-refractivity contribution in [3.05, 3.63) is 0 Å². The summed E-state index contributed by atoms with van der Waals surface area (Å²) in [7, 11) is 1.54. The molecule has 0 aliphatic rings. The van der Waals surface area contributed by atoms with Gasteiger partial charge in [-0.25, -0.2) is 0 Å². The number of ether oxygens (including phenoxy) is 1. The van der Waals surface area contributed by atoms with Crippen LogP contribution in [0.5, 0.6) is 0 Å². The van der Waals surface area contributed by atoms with Gasteiger partial charge in [0.1, 0.15) is 0 Å². The van der Waals surface area contributed by atoms with Gasteiger partial charge in [0, 0.05) is 13.7 Å². The van der Waals surface area contributed by atoms with Gasteiger partial charge in [-0.05, 0) is 6.42 Å². The molecule has 5 nitrogen and oxygen atoms in total. The Hall–Kier alpha value is -0.770. The van der Waals surface area contributed by atoms with Crippen LogP contribution in [0.25, 0.3) is 0 Å². The average Bonchev–Trinajstić information content (AvgIpc) is 2.19. The number of nitrogens with zero attached hydrogens (tertiary/aromatic N) is 1. The number of carbonyl (C=O) groups is 1. The molecule has 0 aromatic rings. The number of aliphatic hydroxyl groups is 1. The Kier molecular flexibility index (Phi) is 9.27. The zero-order valence-corrected chi connectivity index (χ0v) is 9.55. The summed E-state index contributed by atoms with van der Waals surface area (Å²) in [5.74, 6) is 0.437. The molecule has 86 valence electrons. The second-order valence-electron chi connectivity index (χ2n) is 2.88. The van der Waals surface area contributed by atoms with Crippen molar-refractivity contribution in [3.8, 4) is 6.07 Å². The predicted molar refractivity (Wildman–Crippen MR) is 58.4 cm³/mol. The number of thioether (sulfide) groups is 1. The maximum Gasteiger partial charge on any atom is 0.230 e. The third-order valence-corrected chi connectivity index (χ3v) is 2.41. The number of aliphatic hydroxyl groups excluding tert-OH is 1. The molecule has 15 heavy (non-hydrogen) atoms. The van der Waals surface area contributed by atoms with Gasteiger partial charge in [0.2, 0.25) is 5.91 Å². The standard InChI is InChI=1S/C9H16N2O3S/c1-14-6-8(2-4-12)11-9(13)7-15-5-3-10/h8,12H,2,4-7H2,1H3,(H,11,13). The molecule has 2 N–H and O–H groups in total. The van der Waals surface area contributed by atoms with E-state index in [0.717, 1.165) is 0 Å². The summed E-state index contributed by atoms with van der Waals surface area (Å²) in [4.78, 5) is 11.3. The molecule has 0 spiro atoms. The maximum atomic E-state index is 11.3. The summed E-state index contributed by atoms with van der Waals surface area (Å²) >= 11 is 1.26. The van der Waals surface area contributed by atoms with Gasteiger partial charge in [0.15, 0.2) is 0 Å². The monoisotopic (exact) mass is 232 g/mol. The van der Waals surface area contributed by atoms with E-state index in [4.69, 9.17) is 15.1 Å². The Morgan fingerprint density at radius 3 is 3.00 bits per heavy atom. The van der Waals surface area contributed by atoms with Gasteiger partial charge in [0.25, 0.3) is 0 Å². The molecule has 0 aromatic carbocycles. The molecule has 0 aliphatic carbocycles. The zero-order valence-electron chi connectivity index (χ0n) is 8.73. The molecule has 1 amide bonds. The summed E-state index contributed by atoms with van der Waals surface area (Å²) < 4.78 is 4.90. The first-order chi connectivity index (χ1) is 7.24. The van der Waals surface area contributed by atoms with Crippen LogP contribution in [-0.4, -0.2) is 48.9 Å². The van der Waals surface area contributed by atoms with E-state index in [1.54, 1.807) is 7.11 Å². The summed E-state index contributed by atoms with van der Waals surface area (Å²) in [6.45, 7) is 0.398. The third-order valence-electron chi connectivity index (χ3n) is 1.61. The van der Waals surface area contributed by atoms with E-state index in [0.29, 0.717) is 18.8 Å². The van der Waals surface area contributed by atoms with Gasteiger partial charge in [-0.2, -0.15) is 5.26 Å². The smallest absolute Gasteiger partial charge is 0.230 e. The van der Waals surface area contributed by atoms with Crippen molar-refractivity contribution in [1.82, 2.24) is 5.32 Å². The Labute approximate surface area is 93.8 Å². The Bertz CT molecular complexity index is 212. The first-order valence-electron chi connectivity index (χ1n) is 4.58. The lowest BCUT2D eigenvalue weighted by atomic mass is 10.2. The van der Waals surface area contributed by atoms with Crippen LogP contribution in [0.1, 0.15) is 6.42 Å². The minimum absolute atomic E-state index is 0.0135. The van der Waals surface area contributed by atoms with E-state index in [-0.39, 0.29) is 24.3 Å². The number of hydrogen-bond donors (Lipinski definition) is 2. The summed E-state index contributed by atoms with van der Waals surface area (Å²) in [6, 6.07) is 1.79. The normalized spacial score (nSPS) is 11.8. The summed E-state index contributed by atoms with van der Waals surface area (Å²) in [6.07, 6.45) is 0.475. The molecular formula is C9H16N2O3S. The van der Waals surface area contributed by atoms with E-state index >= 15 is 0 Å². The first-order valence-corrected chi connectivity index (χ1v) is 5.74. The second kappa shape index (κ2) is 9.77. The van der Waals surface area contributed by atoms with Gasteiger partial charge in [-0.15, -0.1) is 11.8 Å². The van der Waals surface area contributed by atoms with Crippen LogP contribution in [0.3, 0.4) is 0 Å². The molecule has 0 fully saturated rings. The maximum absolute atomic E-state index is 11.3. The molecule has 0 radical (unpaired) electrons. The molecule has 0 saturated heterocycles. The van der Waals surface area contributed by atoms with Crippen molar-refractivity contribution in [2.24, 2.45) is 0 Å². The molecule has 0 heterocycles. The fourth-order valence-electron chi connectivity index (χ4n) is 1.01. The van der Waals surface area contributed by atoms with E-state index in [9.17, 15) is 4.79 Å². The van der Waals surface area contributed by atoms with Crippen molar-refractivity contribution in [3.63, 3.8) is 0 Å². The van der Waals surface area contributed by atoms with Crippen LogP contribution >= 0.6 is 11.8 Å². The molecule has 0 rings (SSSR count). The van der Waals surface area contributed by atoms with Crippen molar-refractivity contribution in [2.75, 3.05) is 31.8 Å². The summed E-state index contributed by atoms with van der Waals surface area (Å²) in [5.41, 5.74) is 0. The second-order valence-corrected chi connectivity index (χ2v) is 3.87. The highest BCUT2D eigenvalue weighted by molar-refractivity contribution is 8.00. The summed E-state index contributed by atoms with van der Waals surface area (Å²) in [5, 5.41) is 19.7. The molecule has 0 aliphatic heterocycles. The fourth-order valence-corrected chi connectivity index (χ4v) is 1.47. The lowest BCUT2D eigenvalue weighted by Crippen LogP contribution is -2.39. The highest BCUT2D eigenvalue weighted by atomic mass is 32.2. The zero-order chi connectivity index (χ0) is 11.5. The number of carbonyl (C=O) groups excluding carboxylic acids is 1. The average molecular weight is 232 g/mol. The van der Waals surface area contributed by atoms with E-state index in [1.165, 1.54) is 11.8 Å². The van der Waals surface area contributed by atoms with Crippen LogP contribution in [0, 0.1) is 11.3 Å². The Morgan fingerprint density at radius 2 is 2.47 bits per heavy atom. The van der Waals surface area contributed by atoms with Crippen LogP contribution in [0.2, 0.25) is 0 Å². The van der Waals surface area contributed by atoms with Crippen LogP contribution in [-0.2, 0) is 9.53 Å². The van der Waals surface area contributed by atoms with Crippen LogP contribution in [0.4, 0.5) is 0 Å².